The molecule has 5 heteroatoms. The molecule has 2 aliphatic heterocycles. The van der Waals surface area contributed by atoms with Gasteiger partial charge in [-0.05, 0) is 43.9 Å². The highest BCUT2D eigenvalue weighted by Crippen LogP contribution is 2.17. The molecule has 5 nitrogen and oxygen atoms in total. The highest BCUT2D eigenvalue weighted by molar-refractivity contribution is 5.94. The zero-order valence-corrected chi connectivity index (χ0v) is 15.3. The molecular weight excluding hydrogens is 326 g/mol. The topological polar surface area (TPSA) is 45.7 Å². The minimum Gasteiger partial charge on any atom is -0.381 e. The van der Waals surface area contributed by atoms with Crippen LogP contribution in [0.2, 0.25) is 0 Å². The molecule has 1 aromatic heterocycles. The van der Waals surface area contributed by atoms with E-state index in [9.17, 15) is 4.79 Å². The Balaban J connectivity index is 1.38. The Kier molecular flexibility index (Phi) is 5.46. The number of aromatic nitrogens is 1. The predicted octanol–water partition coefficient (Wildman–Crippen LogP) is 2.81. The summed E-state index contributed by atoms with van der Waals surface area (Å²) in [7, 11) is 0. The quantitative estimate of drug-likeness (QED) is 0.851. The number of ether oxygens (including phenoxy) is 1. The molecule has 0 spiro atoms. The molecule has 138 valence electrons. The number of carbonyl (C=O) groups is 1. The number of benzene rings is 1. The monoisotopic (exact) mass is 353 g/mol. The number of pyridine rings is 1. The molecule has 2 fully saturated rings. The first-order valence-electron chi connectivity index (χ1n) is 9.75. The van der Waals surface area contributed by atoms with Gasteiger partial charge in [0.1, 0.15) is 5.69 Å². The standard InChI is InChI=1S/C21H27N3O2/c25-21(20-9-8-18-6-1-2-7-19(18)22-20)24-11-4-10-23(12-13-24)15-17-5-3-14-26-16-17/h1-2,6-9,17H,3-5,10-16H2. The van der Waals surface area contributed by atoms with Gasteiger partial charge >= 0.3 is 0 Å². The highest BCUT2D eigenvalue weighted by atomic mass is 16.5. The molecule has 1 aromatic carbocycles. The maximum absolute atomic E-state index is 12.9. The summed E-state index contributed by atoms with van der Waals surface area (Å²) in [6, 6.07) is 11.8. The predicted molar refractivity (Wildman–Crippen MR) is 102 cm³/mol. The molecule has 2 aliphatic rings. The molecule has 1 unspecified atom stereocenters. The third kappa shape index (κ3) is 4.05. The minimum absolute atomic E-state index is 0.0543. The summed E-state index contributed by atoms with van der Waals surface area (Å²) < 4.78 is 5.61. The Morgan fingerprint density at radius 3 is 2.88 bits per heavy atom. The summed E-state index contributed by atoms with van der Waals surface area (Å²) in [5.41, 5.74) is 1.44. The van der Waals surface area contributed by atoms with Crippen LogP contribution in [0.5, 0.6) is 0 Å². The van der Waals surface area contributed by atoms with E-state index in [-0.39, 0.29) is 5.91 Å². The Morgan fingerprint density at radius 1 is 1.08 bits per heavy atom. The van der Waals surface area contributed by atoms with E-state index in [0.29, 0.717) is 11.6 Å². The van der Waals surface area contributed by atoms with Crippen LogP contribution in [0.15, 0.2) is 36.4 Å². The first-order valence-corrected chi connectivity index (χ1v) is 9.75. The van der Waals surface area contributed by atoms with Crippen molar-refractivity contribution in [2.75, 3.05) is 45.9 Å². The van der Waals surface area contributed by atoms with Gasteiger partial charge < -0.3 is 14.5 Å². The van der Waals surface area contributed by atoms with Crippen molar-refractivity contribution in [2.45, 2.75) is 19.3 Å². The number of fused-ring (bicyclic) bond motifs is 1. The summed E-state index contributed by atoms with van der Waals surface area (Å²) in [5, 5.41) is 1.07. The number of para-hydroxylation sites is 1. The lowest BCUT2D eigenvalue weighted by Crippen LogP contribution is -2.38. The van der Waals surface area contributed by atoms with Crippen LogP contribution in [-0.2, 0) is 4.74 Å². The van der Waals surface area contributed by atoms with Crippen molar-refractivity contribution in [2.24, 2.45) is 5.92 Å². The lowest BCUT2D eigenvalue weighted by molar-refractivity contribution is 0.0389. The summed E-state index contributed by atoms with van der Waals surface area (Å²) >= 11 is 0. The second-order valence-corrected chi connectivity index (χ2v) is 7.42. The zero-order valence-electron chi connectivity index (χ0n) is 15.3. The number of nitrogens with zero attached hydrogens (tertiary/aromatic N) is 3. The first-order chi connectivity index (χ1) is 12.8. The van der Waals surface area contributed by atoms with Gasteiger partial charge in [0.05, 0.1) is 12.1 Å². The van der Waals surface area contributed by atoms with Crippen LogP contribution in [0.1, 0.15) is 29.8 Å². The summed E-state index contributed by atoms with van der Waals surface area (Å²) in [4.78, 5) is 22.0. The molecule has 0 radical (unpaired) electrons. The first kappa shape index (κ1) is 17.4. The lowest BCUT2D eigenvalue weighted by Gasteiger charge is -2.28. The van der Waals surface area contributed by atoms with E-state index < -0.39 is 0 Å². The van der Waals surface area contributed by atoms with Gasteiger partial charge in [0, 0.05) is 38.2 Å². The second kappa shape index (κ2) is 8.14. The van der Waals surface area contributed by atoms with Crippen LogP contribution in [0.4, 0.5) is 0 Å². The summed E-state index contributed by atoms with van der Waals surface area (Å²) in [5.74, 6) is 0.701. The van der Waals surface area contributed by atoms with Gasteiger partial charge in [-0.1, -0.05) is 24.3 Å². The van der Waals surface area contributed by atoms with E-state index >= 15 is 0 Å². The van der Waals surface area contributed by atoms with Crippen molar-refractivity contribution in [3.63, 3.8) is 0 Å². The molecule has 0 aliphatic carbocycles. The molecule has 4 rings (SSSR count). The van der Waals surface area contributed by atoms with E-state index in [1.807, 2.05) is 41.3 Å². The van der Waals surface area contributed by atoms with E-state index in [1.54, 1.807) is 0 Å². The Morgan fingerprint density at radius 2 is 2.00 bits per heavy atom. The van der Waals surface area contributed by atoms with Crippen molar-refractivity contribution in [1.82, 2.24) is 14.8 Å². The van der Waals surface area contributed by atoms with Gasteiger partial charge in [0.25, 0.3) is 5.91 Å². The smallest absolute Gasteiger partial charge is 0.272 e. The fourth-order valence-corrected chi connectivity index (χ4v) is 4.02. The van der Waals surface area contributed by atoms with Crippen molar-refractivity contribution in [3.8, 4) is 0 Å². The molecule has 1 amide bonds. The SMILES string of the molecule is O=C(c1ccc2ccccc2n1)N1CCCN(CC2CCCOC2)CC1. The largest absolute Gasteiger partial charge is 0.381 e. The second-order valence-electron chi connectivity index (χ2n) is 7.42. The normalized spacial score (nSPS) is 22.3. The van der Waals surface area contributed by atoms with E-state index in [1.165, 1.54) is 12.8 Å². The van der Waals surface area contributed by atoms with E-state index in [4.69, 9.17) is 4.74 Å². The Hall–Kier alpha value is -1.98. The number of hydrogen-bond donors (Lipinski definition) is 0. The molecule has 2 saturated heterocycles. The third-order valence-electron chi connectivity index (χ3n) is 5.46. The van der Waals surface area contributed by atoms with Crippen LogP contribution in [-0.4, -0.2) is 66.6 Å². The minimum atomic E-state index is 0.0543. The summed E-state index contributed by atoms with van der Waals surface area (Å²) in [6.45, 7) is 6.49. The molecule has 2 aromatic rings. The highest BCUT2D eigenvalue weighted by Gasteiger charge is 2.23. The van der Waals surface area contributed by atoms with Gasteiger partial charge in [0.15, 0.2) is 0 Å². The van der Waals surface area contributed by atoms with E-state index in [2.05, 4.69) is 9.88 Å². The fraction of sp³-hybridized carbons (Fsp3) is 0.524. The molecule has 0 bridgehead atoms. The Bertz CT molecular complexity index is 758. The van der Waals surface area contributed by atoms with Crippen LogP contribution < -0.4 is 0 Å². The van der Waals surface area contributed by atoms with Crippen LogP contribution in [0.25, 0.3) is 10.9 Å². The zero-order chi connectivity index (χ0) is 17.8. The Labute approximate surface area is 154 Å². The molecule has 1 atom stereocenters. The van der Waals surface area contributed by atoms with Crippen molar-refractivity contribution >= 4 is 16.8 Å². The average Bonchev–Trinajstić information content (AvgIpc) is 2.93. The van der Waals surface area contributed by atoms with Gasteiger partial charge in [-0.15, -0.1) is 0 Å². The maximum atomic E-state index is 12.9. The number of carbonyl (C=O) groups excluding carboxylic acids is 1. The van der Waals surface area contributed by atoms with Gasteiger partial charge in [-0.3, -0.25) is 4.79 Å². The van der Waals surface area contributed by atoms with Gasteiger partial charge in [-0.25, -0.2) is 4.98 Å². The van der Waals surface area contributed by atoms with Crippen molar-refractivity contribution in [3.05, 3.63) is 42.1 Å². The van der Waals surface area contributed by atoms with Crippen LogP contribution in [0, 0.1) is 5.92 Å². The lowest BCUT2D eigenvalue weighted by atomic mass is 10.0. The average molecular weight is 353 g/mol. The number of hydrogen-bond acceptors (Lipinski definition) is 4. The molecule has 26 heavy (non-hydrogen) atoms. The van der Waals surface area contributed by atoms with Crippen molar-refractivity contribution in [1.29, 1.82) is 0 Å². The van der Waals surface area contributed by atoms with Crippen molar-refractivity contribution < 1.29 is 9.53 Å². The maximum Gasteiger partial charge on any atom is 0.272 e. The van der Waals surface area contributed by atoms with Gasteiger partial charge in [0.2, 0.25) is 0 Å². The molecule has 0 saturated carbocycles. The molecular formula is C21H27N3O2. The van der Waals surface area contributed by atoms with Crippen LogP contribution in [0.3, 0.4) is 0 Å². The number of amides is 1. The number of rotatable bonds is 3. The fourth-order valence-electron chi connectivity index (χ4n) is 4.02. The van der Waals surface area contributed by atoms with Gasteiger partial charge in [-0.2, -0.15) is 0 Å². The molecule has 0 N–H and O–H groups in total. The van der Waals surface area contributed by atoms with E-state index in [0.717, 1.165) is 63.3 Å². The van der Waals surface area contributed by atoms with Crippen LogP contribution >= 0.6 is 0 Å². The summed E-state index contributed by atoms with van der Waals surface area (Å²) in [6.07, 6.45) is 3.46. The third-order valence-corrected chi connectivity index (χ3v) is 5.46. The molecule has 3 heterocycles.